The molecular formula is C12H21N3O. The highest BCUT2D eigenvalue weighted by Crippen LogP contribution is 2.08. The normalized spacial score (nSPS) is 10.6. The van der Waals surface area contributed by atoms with E-state index in [1.165, 1.54) is 12.8 Å². The maximum atomic E-state index is 11.9. The second-order valence-corrected chi connectivity index (χ2v) is 4.08. The third-order valence-electron chi connectivity index (χ3n) is 2.60. The highest BCUT2D eigenvalue weighted by Gasteiger charge is 2.11. The molecule has 0 fully saturated rings. The number of unbranched alkanes of at least 4 members (excludes halogenated alkanes) is 3. The summed E-state index contributed by atoms with van der Waals surface area (Å²) < 4.78 is 1.71. The predicted molar refractivity (Wildman–Crippen MR) is 63.4 cm³/mol. The third kappa shape index (κ3) is 3.76. The Bertz CT molecular complexity index is 320. The fourth-order valence-electron chi connectivity index (χ4n) is 1.69. The first kappa shape index (κ1) is 12.9. The summed E-state index contributed by atoms with van der Waals surface area (Å²) in [6.45, 7) is 5.01. The van der Waals surface area contributed by atoms with Gasteiger partial charge in [-0.2, -0.15) is 0 Å². The Morgan fingerprint density at radius 3 is 2.75 bits per heavy atom. The van der Waals surface area contributed by atoms with Gasteiger partial charge >= 0.3 is 0 Å². The smallest absolute Gasteiger partial charge is 0.182 e. The topological polar surface area (TPSA) is 47.8 Å². The zero-order valence-corrected chi connectivity index (χ0v) is 10.3. The molecule has 0 spiro atoms. The summed E-state index contributed by atoms with van der Waals surface area (Å²) in [6, 6.07) is 0. The van der Waals surface area contributed by atoms with Gasteiger partial charge in [-0.3, -0.25) is 4.79 Å². The molecule has 0 aliphatic rings. The van der Waals surface area contributed by atoms with Crippen molar-refractivity contribution < 1.29 is 4.79 Å². The molecular weight excluding hydrogens is 202 g/mol. The van der Waals surface area contributed by atoms with Crippen LogP contribution in [-0.4, -0.2) is 20.8 Å². The molecule has 0 bridgehead atoms. The van der Waals surface area contributed by atoms with Crippen molar-refractivity contribution in [1.29, 1.82) is 0 Å². The summed E-state index contributed by atoms with van der Waals surface area (Å²) in [7, 11) is 0. The molecule has 0 saturated carbocycles. The molecule has 0 unspecified atom stereocenters. The summed E-state index contributed by atoms with van der Waals surface area (Å²) in [4.78, 5) is 11.9. The molecule has 0 aliphatic heterocycles. The summed E-state index contributed by atoms with van der Waals surface area (Å²) in [5.41, 5.74) is 0.665. The minimum Gasteiger partial charge on any atom is -0.292 e. The van der Waals surface area contributed by atoms with E-state index in [-0.39, 0.29) is 5.78 Å². The highest BCUT2D eigenvalue weighted by molar-refractivity contribution is 5.94. The van der Waals surface area contributed by atoms with E-state index < -0.39 is 0 Å². The lowest BCUT2D eigenvalue weighted by Gasteiger charge is -2.03. The Kier molecular flexibility index (Phi) is 5.75. The number of carbonyl (C=O) groups is 1. The molecule has 4 nitrogen and oxygen atoms in total. The van der Waals surface area contributed by atoms with Crippen molar-refractivity contribution in [2.75, 3.05) is 0 Å². The number of nitrogens with zero attached hydrogens (tertiary/aromatic N) is 3. The van der Waals surface area contributed by atoms with E-state index in [0.29, 0.717) is 12.1 Å². The number of hydrogen-bond acceptors (Lipinski definition) is 3. The first-order valence-corrected chi connectivity index (χ1v) is 6.21. The maximum Gasteiger partial charge on any atom is 0.182 e. The molecule has 0 radical (unpaired) electrons. The van der Waals surface area contributed by atoms with Crippen LogP contribution >= 0.6 is 0 Å². The van der Waals surface area contributed by atoms with Gasteiger partial charge in [0, 0.05) is 13.0 Å². The number of carbonyl (C=O) groups excluding carboxylic acids is 1. The molecule has 0 N–H and O–H groups in total. The van der Waals surface area contributed by atoms with E-state index in [1.54, 1.807) is 10.9 Å². The number of ketones is 1. The van der Waals surface area contributed by atoms with Crippen molar-refractivity contribution in [2.24, 2.45) is 0 Å². The summed E-state index contributed by atoms with van der Waals surface area (Å²) in [5.74, 6) is 0.176. The Hall–Kier alpha value is -1.19. The van der Waals surface area contributed by atoms with Crippen LogP contribution in [0.2, 0.25) is 0 Å². The van der Waals surface area contributed by atoms with Gasteiger partial charge in [0.05, 0.1) is 6.20 Å². The van der Waals surface area contributed by atoms with E-state index in [0.717, 1.165) is 25.8 Å². The van der Waals surface area contributed by atoms with E-state index in [1.807, 2.05) is 0 Å². The van der Waals surface area contributed by atoms with Gasteiger partial charge in [-0.1, -0.05) is 38.3 Å². The molecule has 16 heavy (non-hydrogen) atoms. The molecule has 90 valence electrons. The quantitative estimate of drug-likeness (QED) is 0.503. The van der Waals surface area contributed by atoms with Crippen LogP contribution in [0.15, 0.2) is 6.20 Å². The third-order valence-corrected chi connectivity index (χ3v) is 2.60. The standard InChI is InChI=1S/C12H21N3O/c1-3-5-6-7-8-12(16)11-10-13-14-15(11)9-4-2/h10H,3-9H2,1-2H3. The van der Waals surface area contributed by atoms with Gasteiger partial charge in [-0.15, -0.1) is 5.10 Å². The van der Waals surface area contributed by atoms with Crippen molar-refractivity contribution in [3.63, 3.8) is 0 Å². The second-order valence-electron chi connectivity index (χ2n) is 4.08. The molecule has 0 amide bonds. The number of hydrogen-bond donors (Lipinski definition) is 0. The molecule has 1 aromatic heterocycles. The van der Waals surface area contributed by atoms with Crippen LogP contribution < -0.4 is 0 Å². The van der Waals surface area contributed by atoms with Crippen LogP contribution in [-0.2, 0) is 6.54 Å². The molecule has 1 aromatic rings. The fraction of sp³-hybridized carbons (Fsp3) is 0.750. The van der Waals surface area contributed by atoms with Gasteiger partial charge in [0.15, 0.2) is 5.78 Å². The van der Waals surface area contributed by atoms with Gasteiger partial charge in [0.1, 0.15) is 5.69 Å². The first-order valence-electron chi connectivity index (χ1n) is 6.21. The van der Waals surface area contributed by atoms with E-state index >= 15 is 0 Å². The monoisotopic (exact) mass is 223 g/mol. The van der Waals surface area contributed by atoms with Crippen molar-refractivity contribution in [3.05, 3.63) is 11.9 Å². The number of aromatic nitrogens is 3. The van der Waals surface area contributed by atoms with Gasteiger partial charge in [0.2, 0.25) is 0 Å². The minimum atomic E-state index is 0.176. The molecule has 0 aromatic carbocycles. The minimum absolute atomic E-state index is 0.176. The number of aryl methyl sites for hydroxylation is 1. The van der Waals surface area contributed by atoms with Gasteiger partial charge in [-0.25, -0.2) is 4.68 Å². The average Bonchev–Trinajstić information content (AvgIpc) is 2.73. The van der Waals surface area contributed by atoms with E-state index in [9.17, 15) is 4.79 Å². The predicted octanol–water partition coefficient (Wildman–Crippen LogP) is 2.84. The van der Waals surface area contributed by atoms with Crippen molar-refractivity contribution in [2.45, 2.75) is 58.9 Å². The van der Waals surface area contributed by atoms with Crippen molar-refractivity contribution in [3.8, 4) is 0 Å². The average molecular weight is 223 g/mol. The van der Waals surface area contributed by atoms with Crippen molar-refractivity contribution in [1.82, 2.24) is 15.0 Å². The zero-order valence-electron chi connectivity index (χ0n) is 10.3. The Labute approximate surface area is 97.0 Å². The number of Topliss-reactive ketones (excluding diaryl/α,β-unsaturated/α-hetero) is 1. The van der Waals surface area contributed by atoms with E-state index in [4.69, 9.17) is 0 Å². The Morgan fingerprint density at radius 2 is 2.06 bits per heavy atom. The van der Waals surface area contributed by atoms with Gasteiger partial charge in [0.25, 0.3) is 0 Å². The Balaban J connectivity index is 2.42. The summed E-state index contributed by atoms with van der Waals surface area (Å²) in [5, 5.41) is 7.72. The lowest BCUT2D eigenvalue weighted by Crippen LogP contribution is -2.10. The largest absolute Gasteiger partial charge is 0.292 e. The van der Waals surface area contributed by atoms with E-state index in [2.05, 4.69) is 24.2 Å². The lowest BCUT2D eigenvalue weighted by molar-refractivity contribution is 0.0968. The molecule has 0 aliphatic carbocycles. The summed E-state index contributed by atoms with van der Waals surface area (Å²) >= 11 is 0. The fourth-order valence-corrected chi connectivity index (χ4v) is 1.69. The molecule has 0 saturated heterocycles. The molecule has 4 heteroatoms. The second kappa shape index (κ2) is 7.14. The van der Waals surface area contributed by atoms with Gasteiger partial charge < -0.3 is 0 Å². The van der Waals surface area contributed by atoms with Crippen LogP contribution in [0, 0.1) is 0 Å². The number of rotatable bonds is 8. The molecule has 1 rings (SSSR count). The summed E-state index contributed by atoms with van der Waals surface area (Å²) in [6.07, 6.45) is 7.69. The molecule has 0 atom stereocenters. The van der Waals surface area contributed by atoms with Crippen LogP contribution in [0.3, 0.4) is 0 Å². The Morgan fingerprint density at radius 1 is 1.25 bits per heavy atom. The zero-order chi connectivity index (χ0) is 11.8. The van der Waals surface area contributed by atoms with Crippen LogP contribution in [0.1, 0.15) is 62.9 Å². The SMILES string of the molecule is CCCCCCC(=O)c1cnnn1CCC. The van der Waals surface area contributed by atoms with Gasteiger partial charge in [-0.05, 0) is 12.8 Å². The highest BCUT2D eigenvalue weighted by atomic mass is 16.1. The lowest BCUT2D eigenvalue weighted by atomic mass is 10.1. The van der Waals surface area contributed by atoms with Crippen molar-refractivity contribution >= 4 is 5.78 Å². The van der Waals surface area contributed by atoms with Crippen LogP contribution in [0.5, 0.6) is 0 Å². The first-order chi connectivity index (χ1) is 7.79. The molecule has 1 heterocycles. The van der Waals surface area contributed by atoms with Crippen LogP contribution in [0.4, 0.5) is 0 Å². The maximum absolute atomic E-state index is 11.9. The van der Waals surface area contributed by atoms with Crippen LogP contribution in [0.25, 0.3) is 0 Å².